The molecule has 0 atom stereocenters. The smallest absolute Gasteiger partial charge is 0.101 e. The average molecular weight is 345 g/mol. The van der Waals surface area contributed by atoms with Crippen molar-refractivity contribution in [2.75, 3.05) is 0 Å². The number of nitriles is 1. The highest BCUT2D eigenvalue weighted by atomic mass is 15.0. The maximum absolute atomic E-state index is 9.75. The van der Waals surface area contributed by atoms with Gasteiger partial charge in [-0.1, -0.05) is 42.5 Å². The van der Waals surface area contributed by atoms with Gasteiger partial charge in [0.25, 0.3) is 0 Å². The van der Waals surface area contributed by atoms with Crippen LogP contribution >= 0.6 is 0 Å². The van der Waals surface area contributed by atoms with Crippen molar-refractivity contribution >= 4 is 21.8 Å². The van der Waals surface area contributed by atoms with Gasteiger partial charge in [0.2, 0.25) is 0 Å². The Morgan fingerprint density at radius 2 is 1.33 bits per heavy atom. The molecule has 0 aliphatic rings. The zero-order valence-electron chi connectivity index (χ0n) is 14.5. The van der Waals surface area contributed by atoms with E-state index in [1.54, 1.807) is 12.4 Å². The Kier molecular flexibility index (Phi) is 3.48. The summed E-state index contributed by atoms with van der Waals surface area (Å²) in [5.41, 5.74) is 5.89. The fourth-order valence-electron chi connectivity index (χ4n) is 3.72. The van der Waals surface area contributed by atoms with E-state index in [1.807, 2.05) is 36.4 Å². The Balaban J connectivity index is 1.88. The summed E-state index contributed by atoms with van der Waals surface area (Å²) in [4.78, 5) is 4.10. The molecule has 0 spiro atoms. The Morgan fingerprint density at radius 3 is 1.96 bits per heavy atom. The van der Waals surface area contributed by atoms with Crippen LogP contribution < -0.4 is 0 Å². The lowest BCUT2D eigenvalue weighted by atomic mass is 10.0. The summed E-state index contributed by atoms with van der Waals surface area (Å²) in [6.45, 7) is 0. The minimum atomic E-state index is 0.652. The number of hydrogen-bond donors (Lipinski definition) is 0. The van der Waals surface area contributed by atoms with Crippen LogP contribution in [0.4, 0.5) is 0 Å². The third-order valence-electron chi connectivity index (χ3n) is 4.95. The zero-order chi connectivity index (χ0) is 18.2. The van der Waals surface area contributed by atoms with E-state index in [0.29, 0.717) is 5.56 Å². The van der Waals surface area contributed by atoms with Gasteiger partial charge in [-0.3, -0.25) is 4.98 Å². The van der Waals surface area contributed by atoms with Crippen LogP contribution in [0, 0.1) is 11.3 Å². The van der Waals surface area contributed by atoms with Gasteiger partial charge >= 0.3 is 0 Å². The van der Waals surface area contributed by atoms with Gasteiger partial charge in [-0.05, 0) is 47.5 Å². The largest absolute Gasteiger partial charge is 0.308 e. The minimum absolute atomic E-state index is 0.652. The van der Waals surface area contributed by atoms with Gasteiger partial charge in [0, 0.05) is 23.2 Å². The van der Waals surface area contributed by atoms with E-state index in [-0.39, 0.29) is 0 Å². The summed E-state index contributed by atoms with van der Waals surface area (Å²) in [6, 6.07) is 29.0. The number of aromatic nitrogens is 2. The first-order valence-corrected chi connectivity index (χ1v) is 8.80. The molecule has 0 bridgehead atoms. The summed E-state index contributed by atoms with van der Waals surface area (Å²) in [5.74, 6) is 0. The summed E-state index contributed by atoms with van der Waals surface area (Å²) < 4.78 is 2.19. The Labute approximate surface area is 156 Å². The van der Waals surface area contributed by atoms with Crippen molar-refractivity contribution < 1.29 is 0 Å². The fraction of sp³-hybridized carbons (Fsp3) is 0. The number of benzene rings is 3. The van der Waals surface area contributed by atoms with Gasteiger partial charge in [0.15, 0.2) is 0 Å². The Morgan fingerprint density at radius 1 is 0.704 bits per heavy atom. The van der Waals surface area contributed by atoms with Crippen molar-refractivity contribution in [3.63, 3.8) is 0 Å². The molecule has 3 nitrogen and oxygen atoms in total. The summed E-state index contributed by atoms with van der Waals surface area (Å²) in [6.07, 6.45) is 3.57. The number of hydrogen-bond acceptors (Lipinski definition) is 2. The number of para-hydroxylation sites is 2. The van der Waals surface area contributed by atoms with Crippen LogP contribution in [0.1, 0.15) is 5.56 Å². The van der Waals surface area contributed by atoms with Gasteiger partial charge in [-0.25, -0.2) is 0 Å². The van der Waals surface area contributed by atoms with E-state index < -0.39 is 0 Å². The number of pyridine rings is 1. The molecule has 5 rings (SSSR count). The van der Waals surface area contributed by atoms with Crippen LogP contribution in [0.2, 0.25) is 0 Å². The average Bonchev–Trinajstić information content (AvgIpc) is 3.08. The van der Waals surface area contributed by atoms with Crippen LogP contribution in [0.15, 0.2) is 91.3 Å². The first kappa shape index (κ1) is 15.4. The van der Waals surface area contributed by atoms with Crippen molar-refractivity contribution in [2.24, 2.45) is 0 Å². The standard InChI is InChI=1S/C24H15N3/c25-16-19-10-9-18(17-11-13-26-14-12-17)15-24(19)27-22-7-3-1-5-20(22)21-6-2-4-8-23(21)27/h1-15H. The second-order valence-corrected chi connectivity index (χ2v) is 6.45. The number of rotatable bonds is 2. The highest BCUT2D eigenvalue weighted by Gasteiger charge is 2.15. The molecule has 0 aliphatic heterocycles. The Hall–Kier alpha value is -3.90. The molecule has 3 heteroatoms. The summed E-state index contributed by atoms with van der Waals surface area (Å²) in [5, 5.41) is 12.1. The quantitative estimate of drug-likeness (QED) is 0.411. The molecule has 2 heterocycles. The molecule has 0 amide bonds. The molecule has 27 heavy (non-hydrogen) atoms. The molecule has 0 unspecified atom stereocenters. The first-order chi connectivity index (χ1) is 13.4. The van der Waals surface area contributed by atoms with Crippen LogP contribution in [0.5, 0.6) is 0 Å². The summed E-state index contributed by atoms with van der Waals surface area (Å²) in [7, 11) is 0. The highest BCUT2D eigenvalue weighted by Crippen LogP contribution is 2.34. The molecule has 0 aliphatic carbocycles. The van der Waals surface area contributed by atoms with Crippen molar-refractivity contribution in [3.8, 4) is 22.9 Å². The molecule has 0 fully saturated rings. The van der Waals surface area contributed by atoms with E-state index in [4.69, 9.17) is 0 Å². The summed E-state index contributed by atoms with van der Waals surface area (Å²) >= 11 is 0. The van der Waals surface area contributed by atoms with E-state index in [0.717, 1.165) is 27.8 Å². The van der Waals surface area contributed by atoms with Crippen molar-refractivity contribution in [1.29, 1.82) is 5.26 Å². The van der Waals surface area contributed by atoms with E-state index in [2.05, 4.69) is 58.1 Å². The maximum atomic E-state index is 9.75. The topological polar surface area (TPSA) is 41.6 Å². The van der Waals surface area contributed by atoms with E-state index in [1.165, 1.54) is 10.8 Å². The molecule has 3 aromatic carbocycles. The van der Waals surface area contributed by atoms with Gasteiger partial charge < -0.3 is 4.57 Å². The third kappa shape index (κ3) is 2.39. The normalized spacial score (nSPS) is 10.9. The van der Waals surface area contributed by atoms with Crippen LogP contribution in [-0.2, 0) is 0 Å². The molecule has 0 N–H and O–H groups in total. The number of nitrogens with zero attached hydrogens (tertiary/aromatic N) is 3. The minimum Gasteiger partial charge on any atom is -0.308 e. The second kappa shape index (κ2) is 6.12. The predicted octanol–water partition coefficient (Wildman–Crippen LogP) is 5.72. The number of fused-ring (bicyclic) bond motifs is 3. The van der Waals surface area contributed by atoms with Crippen molar-refractivity contribution in [3.05, 3.63) is 96.8 Å². The molecule has 5 aromatic rings. The fourth-order valence-corrected chi connectivity index (χ4v) is 3.72. The Bertz CT molecular complexity index is 1270. The van der Waals surface area contributed by atoms with Gasteiger partial charge in [0.05, 0.1) is 22.3 Å². The van der Waals surface area contributed by atoms with E-state index in [9.17, 15) is 5.26 Å². The van der Waals surface area contributed by atoms with Gasteiger partial charge in [-0.2, -0.15) is 5.26 Å². The second-order valence-electron chi connectivity index (χ2n) is 6.45. The van der Waals surface area contributed by atoms with Crippen LogP contribution in [-0.4, -0.2) is 9.55 Å². The zero-order valence-corrected chi connectivity index (χ0v) is 14.5. The lowest BCUT2D eigenvalue weighted by Crippen LogP contribution is -1.98. The first-order valence-electron chi connectivity index (χ1n) is 8.80. The molecule has 0 saturated heterocycles. The van der Waals surface area contributed by atoms with Crippen molar-refractivity contribution in [2.45, 2.75) is 0 Å². The van der Waals surface area contributed by atoms with Crippen LogP contribution in [0.3, 0.4) is 0 Å². The van der Waals surface area contributed by atoms with E-state index >= 15 is 0 Å². The SMILES string of the molecule is N#Cc1ccc(-c2ccncc2)cc1-n1c2ccccc2c2ccccc21. The predicted molar refractivity (Wildman–Crippen MR) is 109 cm³/mol. The lowest BCUT2D eigenvalue weighted by molar-refractivity contribution is 1.17. The van der Waals surface area contributed by atoms with Gasteiger partial charge in [-0.15, -0.1) is 0 Å². The third-order valence-corrected chi connectivity index (χ3v) is 4.95. The molecule has 2 aromatic heterocycles. The van der Waals surface area contributed by atoms with Gasteiger partial charge in [0.1, 0.15) is 6.07 Å². The molecule has 0 saturated carbocycles. The molecule has 126 valence electrons. The molecular weight excluding hydrogens is 330 g/mol. The molecule has 0 radical (unpaired) electrons. The lowest BCUT2D eigenvalue weighted by Gasteiger charge is -2.12. The molecular formula is C24H15N3. The maximum Gasteiger partial charge on any atom is 0.101 e. The van der Waals surface area contributed by atoms with Crippen molar-refractivity contribution in [1.82, 2.24) is 9.55 Å². The highest BCUT2D eigenvalue weighted by molar-refractivity contribution is 6.09. The van der Waals surface area contributed by atoms with Crippen LogP contribution in [0.25, 0.3) is 38.6 Å². The monoisotopic (exact) mass is 345 g/mol.